The average Bonchev–Trinajstić information content (AvgIpc) is 2.85. The van der Waals surface area contributed by atoms with Gasteiger partial charge in [0.05, 0.1) is 0 Å². The Morgan fingerprint density at radius 2 is 2.12 bits per heavy atom. The van der Waals surface area contributed by atoms with Crippen LogP contribution in [0.2, 0.25) is 0 Å². The highest BCUT2D eigenvalue weighted by molar-refractivity contribution is 5.28. The largest absolute Gasteiger partial charge is 0.338 e. The molecule has 5 heteroatoms. The van der Waals surface area contributed by atoms with E-state index in [1.54, 1.807) is 0 Å². The van der Waals surface area contributed by atoms with Gasteiger partial charge in [-0.05, 0) is 18.0 Å². The molecule has 0 bridgehead atoms. The number of anilines is 1. The first-order chi connectivity index (χ1) is 7.75. The molecule has 0 atom stereocenters. The summed E-state index contributed by atoms with van der Waals surface area (Å²) in [5.41, 5.74) is 0. The molecule has 1 aliphatic rings. The molecule has 1 aliphatic heterocycles. The number of hydrogen-bond donors (Lipinski definition) is 1. The van der Waals surface area contributed by atoms with E-state index in [4.69, 9.17) is 4.52 Å². The van der Waals surface area contributed by atoms with Gasteiger partial charge >= 0.3 is 0 Å². The van der Waals surface area contributed by atoms with Crippen LogP contribution in [0.5, 0.6) is 0 Å². The summed E-state index contributed by atoms with van der Waals surface area (Å²) >= 11 is 0. The minimum Gasteiger partial charge on any atom is -0.338 e. The van der Waals surface area contributed by atoms with Crippen LogP contribution in [-0.4, -0.2) is 35.8 Å². The summed E-state index contributed by atoms with van der Waals surface area (Å²) in [5, 5.41) is 7.34. The van der Waals surface area contributed by atoms with Crippen LogP contribution in [0.25, 0.3) is 0 Å². The quantitative estimate of drug-likeness (QED) is 0.814. The number of aromatic nitrogens is 2. The molecule has 1 saturated heterocycles. The van der Waals surface area contributed by atoms with E-state index in [1.807, 2.05) is 0 Å². The highest BCUT2D eigenvalue weighted by atomic mass is 16.5. The molecule has 16 heavy (non-hydrogen) atoms. The SMILES string of the molecule is CC(C)NCCc1nc(N2CCCC2)no1. The monoisotopic (exact) mass is 224 g/mol. The molecule has 0 unspecified atom stereocenters. The Labute approximate surface area is 96.2 Å². The van der Waals surface area contributed by atoms with E-state index < -0.39 is 0 Å². The van der Waals surface area contributed by atoms with Crippen molar-refractivity contribution in [3.8, 4) is 0 Å². The molecule has 0 aliphatic carbocycles. The van der Waals surface area contributed by atoms with Crippen molar-refractivity contribution in [1.82, 2.24) is 15.5 Å². The maximum atomic E-state index is 5.22. The summed E-state index contributed by atoms with van der Waals surface area (Å²) in [5.74, 6) is 1.49. The highest BCUT2D eigenvalue weighted by Gasteiger charge is 2.17. The minimum absolute atomic E-state index is 0.501. The van der Waals surface area contributed by atoms with Crippen molar-refractivity contribution in [2.24, 2.45) is 0 Å². The van der Waals surface area contributed by atoms with Crippen molar-refractivity contribution in [3.63, 3.8) is 0 Å². The second-order valence-corrected chi connectivity index (χ2v) is 4.54. The molecule has 0 amide bonds. The fraction of sp³-hybridized carbons (Fsp3) is 0.818. The Bertz CT molecular complexity index is 318. The Kier molecular flexibility index (Phi) is 3.77. The normalized spacial score (nSPS) is 16.3. The van der Waals surface area contributed by atoms with E-state index >= 15 is 0 Å². The number of hydrogen-bond acceptors (Lipinski definition) is 5. The topological polar surface area (TPSA) is 54.2 Å². The maximum Gasteiger partial charge on any atom is 0.266 e. The molecule has 2 heterocycles. The van der Waals surface area contributed by atoms with Crippen molar-refractivity contribution >= 4 is 5.95 Å². The zero-order valence-corrected chi connectivity index (χ0v) is 10.1. The van der Waals surface area contributed by atoms with E-state index in [0.29, 0.717) is 6.04 Å². The first kappa shape index (κ1) is 11.4. The highest BCUT2D eigenvalue weighted by Crippen LogP contribution is 2.16. The van der Waals surface area contributed by atoms with Gasteiger partial charge in [0.25, 0.3) is 5.95 Å². The fourth-order valence-corrected chi connectivity index (χ4v) is 1.86. The number of nitrogens with zero attached hydrogens (tertiary/aromatic N) is 3. The van der Waals surface area contributed by atoms with Gasteiger partial charge in [0, 0.05) is 32.1 Å². The van der Waals surface area contributed by atoms with Gasteiger partial charge in [-0.15, -0.1) is 0 Å². The van der Waals surface area contributed by atoms with Gasteiger partial charge in [-0.25, -0.2) is 0 Å². The van der Waals surface area contributed by atoms with E-state index in [-0.39, 0.29) is 0 Å². The van der Waals surface area contributed by atoms with Gasteiger partial charge < -0.3 is 14.7 Å². The van der Waals surface area contributed by atoms with Gasteiger partial charge in [0.15, 0.2) is 0 Å². The third-order valence-electron chi connectivity index (χ3n) is 2.74. The Morgan fingerprint density at radius 1 is 1.38 bits per heavy atom. The van der Waals surface area contributed by atoms with E-state index in [0.717, 1.165) is 37.9 Å². The van der Waals surface area contributed by atoms with Crippen LogP contribution in [0.15, 0.2) is 4.52 Å². The summed E-state index contributed by atoms with van der Waals surface area (Å²) < 4.78 is 5.22. The predicted octanol–water partition coefficient (Wildman–Crippen LogP) is 1.21. The van der Waals surface area contributed by atoms with E-state index in [1.165, 1.54) is 12.8 Å². The van der Waals surface area contributed by atoms with Crippen molar-refractivity contribution in [2.45, 2.75) is 39.2 Å². The Balaban J connectivity index is 1.82. The molecular weight excluding hydrogens is 204 g/mol. The third-order valence-corrected chi connectivity index (χ3v) is 2.74. The first-order valence-corrected chi connectivity index (χ1v) is 6.06. The fourth-order valence-electron chi connectivity index (χ4n) is 1.86. The van der Waals surface area contributed by atoms with Crippen molar-refractivity contribution in [1.29, 1.82) is 0 Å². The molecule has 2 rings (SSSR count). The zero-order valence-electron chi connectivity index (χ0n) is 10.1. The van der Waals surface area contributed by atoms with Crippen LogP contribution in [-0.2, 0) is 6.42 Å². The van der Waals surface area contributed by atoms with Crippen molar-refractivity contribution < 1.29 is 4.52 Å². The molecular formula is C11H20N4O. The number of rotatable bonds is 5. The second-order valence-electron chi connectivity index (χ2n) is 4.54. The molecule has 5 nitrogen and oxygen atoms in total. The lowest BCUT2D eigenvalue weighted by molar-refractivity contribution is 0.373. The van der Waals surface area contributed by atoms with Gasteiger partial charge in [-0.2, -0.15) is 4.98 Å². The van der Waals surface area contributed by atoms with Gasteiger partial charge in [-0.1, -0.05) is 13.8 Å². The lowest BCUT2D eigenvalue weighted by Crippen LogP contribution is -2.25. The summed E-state index contributed by atoms with van der Waals surface area (Å²) in [6.45, 7) is 7.26. The molecule has 1 fully saturated rings. The van der Waals surface area contributed by atoms with Crippen molar-refractivity contribution in [2.75, 3.05) is 24.5 Å². The molecule has 0 spiro atoms. The summed E-state index contributed by atoms with van der Waals surface area (Å²) in [6, 6.07) is 0.501. The Morgan fingerprint density at radius 3 is 2.81 bits per heavy atom. The van der Waals surface area contributed by atoms with Crippen LogP contribution >= 0.6 is 0 Å². The molecule has 1 N–H and O–H groups in total. The van der Waals surface area contributed by atoms with E-state index in [9.17, 15) is 0 Å². The van der Waals surface area contributed by atoms with Crippen LogP contribution in [0.4, 0.5) is 5.95 Å². The number of nitrogens with one attached hydrogen (secondary N) is 1. The molecule has 90 valence electrons. The third kappa shape index (κ3) is 2.95. The molecule has 1 aromatic heterocycles. The smallest absolute Gasteiger partial charge is 0.266 e. The minimum atomic E-state index is 0.501. The standard InChI is InChI=1S/C11H20N4O/c1-9(2)12-6-5-10-13-11(14-16-10)15-7-3-4-8-15/h9,12H,3-8H2,1-2H3. The van der Waals surface area contributed by atoms with Gasteiger partial charge in [-0.3, -0.25) is 0 Å². The molecule has 1 aromatic rings. The predicted molar refractivity (Wildman–Crippen MR) is 62.6 cm³/mol. The zero-order chi connectivity index (χ0) is 11.4. The average molecular weight is 224 g/mol. The molecule has 0 saturated carbocycles. The first-order valence-electron chi connectivity index (χ1n) is 6.06. The van der Waals surface area contributed by atoms with Crippen LogP contribution in [0, 0.1) is 0 Å². The van der Waals surface area contributed by atoms with Gasteiger partial charge in [0.1, 0.15) is 0 Å². The summed E-state index contributed by atoms with van der Waals surface area (Å²) in [6.07, 6.45) is 3.27. The van der Waals surface area contributed by atoms with Crippen LogP contribution < -0.4 is 10.2 Å². The Hall–Kier alpha value is -1.10. The molecule has 0 aromatic carbocycles. The lowest BCUT2D eigenvalue weighted by Gasteiger charge is -2.09. The summed E-state index contributed by atoms with van der Waals surface area (Å²) in [7, 11) is 0. The lowest BCUT2D eigenvalue weighted by atomic mass is 10.3. The van der Waals surface area contributed by atoms with Crippen LogP contribution in [0.1, 0.15) is 32.6 Å². The van der Waals surface area contributed by atoms with Crippen LogP contribution in [0.3, 0.4) is 0 Å². The van der Waals surface area contributed by atoms with Gasteiger partial charge in [0.2, 0.25) is 5.89 Å². The maximum absolute atomic E-state index is 5.22. The second kappa shape index (κ2) is 5.30. The molecule has 0 radical (unpaired) electrons. The van der Waals surface area contributed by atoms with E-state index in [2.05, 4.69) is 34.2 Å². The van der Waals surface area contributed by atoms with Crippen molar-refractivity contribution in [3.05, 3.63) is 5.89 Å². The summed E-state index contributed by atoms with van der Waals surface area (Å²) in [4.78, 5) is 6.58.